The molecular formula is C18H21ClN2O4S. The van der Waals surface area contributed by atoms with Crippen LogP contribution in [0, 0.1) is 6.92 Å². The molecule has 1 N–H and O–H groups in total. The van der Waals surface area contributed by atoms with Gasteiger partial charge < -0.3 is 10.1 Å². The topological polar surface area (TPSA) is 75.7 Å². The van der Waals surface area contributed by atoms with Crippen molar-refractivity contribution in [2.45, 2.75) is 18.4 Å². The number of ether oxygens (including phenoxy) is 1. The molecule has 2 aromatic carbocycles. The minimum Gasteiger partial charge on any atom is -0.484 e. The summed E-state index contributed by atoms with van der Waals surface area (Å²) in [5, 5.41) is 3.39. The fourth-order valence-electron chi connectivity index (χ4n) is 2.15. The second kappa shape index (κ2) is 8.53. The Labute approximate surface area is 158 Å². The van der Waals surface area contributed by atoms with Crippen molar-refractivity contribution in [2.75, 3.05) is 20.7 Å². The number of carbonyl (C=O) groups excluding carboxylic acids is 1. The average Bonchev–Trinajstić information content (AvgIpc) is 2.60. The molecule has 6 nitrogen and oxygen atoms in total. The lowest BCUT2D eigenvalue weighted by Crippen LogP contribution is -2.28. The van der Waals surface area contributed by atoms with Crippen LogP contribution in [0.2, 0.25) is 5.02 Å². The third kappa shape index (κ3) is 5.20. The predicted octanol–water partition coefficient (Wildman–Crippen LogP) is 2.59. The third-order valence-electron chi connectivity index (χ3n) is 3.69. The Hall–Kier alpha value is -2.09. The molecule has 0 spiro atoms. The van der Waals surface area contributed by atoms with Crippen LogP contribution in [0.4, 0.5) is 0 Å². The fourth-order valence-corrected chi connectivity index (χ4v) is 3.27. The molecule has 0 bridgehead atoms. The summed E-state index contributed by atoms with van der Waals surface area (Å²) < 4.78 is 30.9. The van der Waals surface area contributed by atoms with E-state index in [-0.39, 0.29) is 17.4 Å². The van der Waals surface area contributed by atoms with Gasteiger partial charge in [-0.25, -0.2) is 12.7 Å². The van der Waals surface area contributed by atoms with E-state index in [2.05, 4.69) is 5.32 Å². The molecule has 0 heterocycles. The maximum absolute atomic E-state index is 12.1. The number of sulfonamides is 1. The zero-order chi connectivity index (χ0) is 19.3. The first kappa shape index (κ1) is 20.2. The normalized spacial score (nSPS) is 11.4. The van der Waals surface area contributed by atoms with Crippen LogP contribution in [-0.4, -0.2) is 39.3 Å². The third-order valence-corrected chi connectivity index (χ3v) is 5.75. The van der Waals surface area contributed by atoms with Gasteiger partial charge in [-0.15, -0.1) is 0 Å². The average molecular weight is 397 g/mol. The summed E-state index contributed by atoms with van der Waals surface area (Å²) in [5.74, 6) is 0.189. The second-order valence-corrected chi connectivity index (χ2v) is 8.49. The number of amides is 1. The molecule has 0 unspecified atom stereocenters. The Morgan fingerprint density at radius 1 is 1.15 bits per heavy atom. The molecular weight excluding hydrogens is 376 g/mol. The summed E-state index contributed by atoms with van der Waals surface area (Å²) in [5.41, 5.74) is 1.57. The van der Waals surface area contributed by atoms with Crippen molar-refractivity contribution in [1.82, 2.24) is 9.62 Å². The summed E-state index contributed by atoms with van der Waals surface area (Å²) in [6.45, 7) is 1.95. The molecule has 0 saturated heterocycles. The van der Waals surface area contributed by atoms with E-state index in [0.717, 1.165) is 9.87 Å². The molecule has 8 heteroatoms. The van der Waals surface area contributed by atoms with Gasteiger partial charge in [-0.1, -0.05) is 23.7 Å². The molecule has 0 aliphatic carbocycles. The number of hydrogen-bond acceptors (Lipinski definition) is 4. The van der Waals surface area contributed by atoms with Gasteiger partial charge in [0.2, 0.25) is 10.0 Å². The number of aryl methyl sites for hydroxylation is 1. The number of benzene rings is 2. The predicted molar refractivity (Wildman–Crippen MR) is 101 cm³/mol. The molecule has 2 rings (SSSR count). The molecule has 0 saturated carbocycles. The van der Waals surface area contributed by atoms with Crippen LogP contribution in [0.25, 0.3) is 0 Å². The van der Waals surface area contributed by atoms with Gasteiger partial charge in [0.1, 0.15) is 5.75 Å². The quantitative estimate of drug-likeness (QED) is 0.780. The highest BCUT2D eigenvalue weighted by molar-refractivity contribution is 7.89. The van der Waals surface area contributed by atoms with E-state index in [0.29, 0.717) is 22.9 Å². The van der Waals surface area contributed by atoms with E-state index < -0.39 is 10.0 Å². The lowest BCUT2D eigenvalue weighted by Gasteiger charge is -2.14. The fraction of sp³-hybridized carbons (Fsp3) is 0.278. The highest BCUT2D eigenvalue weighted by Gasteiger charge is 2.18. The van der Waals surface area contributed by atoms with Crippen molar-refractivity contribution in [3.8, 4) is 5.75 Å². The van der Waals surface area contributed by atoms with Crippen LogP contribution in [0.1, 0.15) is 11.1 Å². The highest BCUT2D eigenvalue weighted by atomic mass is 35.5. The van der Waals surface area contributed by atoms with Crippen LogP contribution in [0.5, 0.6) is 5.75 Å². The minimum absolute atomic E-state index is 0.159. The van der Waals surface area contributed by atoms with Crippen molar-refractivity contribution < 1.29 is 17.9 Å². The molecule has 0 aliphatic rings. The van der Waals surface area contributed by atoms with E-state index in [9.17, 15) is 13.2 Å². The van der Waals surface area contributed by atoms with Crippen LogP contribution in [0.15, 0.2) is 47.4 Å². The Morgan fingerprint density at radius 2 is 1.81 bits per heavy atom. The number of carbonyl (C=O) groups is 1. The number of nitrogens with zero attached hydrogens (tertiary/aromatic N) is 1. The molecule has 0 aliphatic heterocycles. The number of hydrogen-bond donors (Lipinski definition) is 1. The molecule has 2 aromatic rings. The lowest BCUT2D eigenvalue weighted by atomic mass is 10.2. The number of halogens is 1. The first-order valence-electron chi connectivity index (χ1n) is 7.87. The van der Waals surface area contributed by atoms with Crippen molar-refractivity contribution in [2.24, 2.45) is 0 Å². The van der Waals surface area contributed by atoms with Crippen molar-refractivity contribution in [1.29, 1.82) is 0 Å². The molecule has 0 atom stereocenters. The molecule has 0 radical (unpaired) electrons. The Kier molecular flexibility index (Phi) is 6.63. The monoisotopic (exact) mass is 396 g/mol. The van der Waals surface area contributed by atoms with Crippen LogP contribution >= 0.6 is 11.6 Å². The van der Waals surface area contributed by atoms with Crippen molar-refractivity contribution in [3.05, 3.63) is 58.6 Å². The number of nitrogens with one attached hydrogen (secondary N) is 1. The van der Waals surface area contributed by atoms with Gasteiger partial charge in [0.15, 0.2) is 6.61 Å². The van der Waals surface area contributed by atoms with Crippen molar-refractivity contribution in [3.63, 3.8) is 0 Å². The van der Waals surface area contributed by atoms with Crippen molar-refractivity contribution >= 4 is 27.5 Å². The maximum atomic E-state index is 12.1. The summed E-state index contributed by atoms with van der Waals surface area (Å²) in [4.78, 5) is 12.1. The summed E-state index contributed by atoms with van der Waals surface area (Å²) in [7, 11) is -0.556. The first-order valence-corrected chi connectivity index (χ1v) is 9.69. The summed E-state index contributed by atoms with van der Waals surface area (Å²) >= 11 is 5.82. The largest absolute Gasteiger partial charge is 0.484 e. The molecule has 0 fully saturated rings. The summed E-state index contributed by atoms with van der Waals surface area (Å²) in [6, 6.07) is 11.7. The van der Waals surface area contributed by atoms with Crippen LogP contribution in [-0.2, 0) is 21.4 Å². The zero-order valence-corrected chi connectivity index (χ0v) is 16.4. The first-order chi connectivity index (χ1) is 12.2. The Balaban J connectivity index is 1.92. The molecule has 140 valence electrons. The van der Waals surface area contributed by atoms with Gasteiger partial charge in [-0.05, 0) is 48.4 Å². The van der Waals surface area contributed by atoms with Gasteiger partial charge in [0, 0.05) is 25.7 Å². The smallest absolute Gasteiger partial charge is 0.258 e. The van der Waals surface area contributed by atoms with Crippen LogP contribution < -0.4 is 10.1 Å². The molecule has 26 heavy (non-hydrogen) atoms. The number of rotatable bonds is 7. The van der Waals surface area contributed by atoms with E-state index in [1.807, 2.05) is 12.1 Å². The van der Waals surface area contributed by atoms with E-state index in [4.69, 9.17) is 16.3 Å². The van der Waals surface area contributed by atoms with Gasteiger partial charge in [0.05, 0.1) is 4.90 Å². The van der Waals surface area contributed by atoms with Gasteiger partial charge in [0.25, 0.3) is 5.91 Å². The van der Waals surface area contributed by atoms with E-state index >= 15 is 0 Å². The molecule has 1 amide bonds. The van der Waals surface area contributed by atoms with Gasteiger partial charge >= 0.3 is 0 Å². The van der Waals surface area contributed by atoms with E-state index in [1.54, 1.807) is 25.1 Å². The maximum Gasteiger partial charge on any atom is 0.258 e. The minimum atomic E-state index is -3.50. The highest BCUT2D eigenvalue weighted by Crippen LogP contribution is 2.23. The van der Waals surface area contributed by atoms with Crippen LogP contribution in [0.3, 0.4) is 0 Å². The SMILES string of the molecule is Cc1cc(S(=O)(=O)N(C)C)ccc1OCC(=O)NCc1ccc(Cl)cc1. The zero-order valence-electron chi connectivity index (χ0n) is 14.8. The standard InChI is InChI=1S/C18H21ClN2O4S/c1-13-10-16(26(23,24)21(2)3)8-9-17(13)25-12-18(22)20-11-14-4-6-15(19)7-5-14/h4-10H,11-12H2,1-3H3,(H,20,22). The van der Waals surface area contributed by atoms with Gasteiger partial charge in [-0.2, -0.15) is 0 Å². The Bertz CT molecular complexity index is 881. The Morgan fingerprint density at radius 3 is 2.38 bits per heavy atom. The molecule has 0 aromatic heterocycles. The second-order valence-electron chi connectivity index (χ2n) is 5.91. The van der Waals surface area contributed by atoms with Gasteiger partial charge in [-0.3, -0.25) is 4.79 Å². The summed E-state index contributed by atoms with van der Waals surface area (Å²) in [6.07, 6.45) is 0. The lowest BCUT2D eigenvalue weighted by molar-refractivity contribution is -0.123. The van der Waals surface area contributed by atoms with E-state index in [1.165, 1.54) is 26.2 Å².